The Labute approximate surface area is 184 Å². The molecule has 1 atom stereocenters. The third kappa shape index (κ3) is 3.52. The average Bonchev–Trinajstić information content (AvgIpc) is 3.23. The first-order valence-corrected chi connectivity index (χ1v) is 10.1. The van der Waals surface area contributed by atoms with Crippen LogP contribution in [0.4, 0.5) is 4.39 Å². The van der Waals surface area contributed by atoms with Crippen molar-refractivity contribution >= 4 is 11.9 Å². The Balaban J connectivity index is 1.53. The number of aromatic nitrogens is 5. The molecule has 9 heteroatoms. The van der Waals surface area contributed by atoms with Gasteiger partial charge in [0.25, 0.3) is 0 Å². The van der Waals surface area contributed by atoms with Crippen molar-refractivity contribution in [1.29, 1.82) is 0 Å². The molecule has 1 unspecified atom stereocenters. The zero-order chi connectivity index (χ0) is 22.3. The van der Waals surface area contributed by atoms with Crippen LogP contribution in [0.2, 0.25) is 0 Å². The second-order valence-corrected chi connectivity index (χ2v) is 7.88. The van der Waals surface area contributed by atoms with Crippen LogP contribution >= 0.6 is 0 Å². The van der Waals surface area contributed by atoms with Crippen molar-refractivity contribution in [1.82, 2.24) is 29.2 Å². The van der Waals surface area contributed by atoms with Crippen LogP contribution in [0, 0.1) is 5.95 Å². The molecule has 4 aromatic heterocycles. The van der Waals surface area contributed by atoms with Crippen LogP contribution in [-0.2, 0) is 5.54 Å². The SMILES string of the molecule is CN(C)C1=CCC(N)(c2nccc(-c3cnc4ccc(-c5ccc(F)nc5)cn34)n2)C=N1. The highest BCUT2D eigenvalue weighted by Gasteiger charge is 2.31. The van der Waals surface area contributed by atoms with Crippen LogP contribution in [0.5, 0.6) is 0 Å². The second-order valence-electron chi connectivity index (χ2n) is 7.88. The Hall–Kier alpha value is -3.98. The highest BCUT2D eigenvalue weighted by atomic mass is 19.1. The molecule has 8 nitrogen and oxygen atoms in total. The van der Waals surface area contributed by atoms with Crippen LogP contribution < -0.4 is 5.73 Å². The lowest BCUT2D eigenvalue weighted by Crippen LogP contribution is -2.41. The van der Waals surface area contributed by atoms with Crippen LogP contribution in [0.1, 0.15) is 12.2 Å². The minimum absolute atomic E-state index is 0.488. The Bertz CT molecular complexity index is 1360. The number of aliphatic imine (C=N–C) groups is 1. The van der Waals surface area contributed by atoms with E-state index in [1.165, 1.54) is 12.3 Å². The fourth-order valence-corrected chi connectivity index (χ4v) is 3.61. The molecule has 5 rings (SSSR count). The maximum atomic E-state index is 13.2. The van der Waals surface area contributed by atoms with Crippen molar-refractivity contribution < 1.29 is 4.39 Å². The normalized spacial score (nSPS) is 18.1. The monoisotopic (exact) mass is 428 g/mol. The fraction of sp³-hybridized carbons (Fsp3) is 0.174. The summed E-state index contributed by atoms with van der Waals surface area (Å²) in [7, 11) is 3.87. The van der Waals surface area contributed by atoms with Gasteiger partial charge >= 0.3 is 0 Å². The lowest BCUT2D eigenvalue weighted by Gasteiger charge is -2.27. The lowest BCUT2D eigenvalue weighted by atomic mass is 9.94. The number of hydrogen-bond acceptors (Lipinski definition) is 7. The lowest BCUT2D eigenvalue weighted by molar-refractivity contribution is 0.480. The Kier molecular flexibility index (Phi) is 4.75. The van der Waals surface area contributed by atoms with Gasteiger partial charge in [0, 0.05) is 50.0 Å². The van der Waals surface area contributed by atoms with Gasteiger partial charge in [-0.2, -0.15) is 4.39 Å². The van der Waals surface area contributed by atoms with Gasteiger partial charge in [0.05, 0.1) is 17.6 Å². The summed E-state index contributed by atoms with van der Waals surface area (Å²) < 4.78 is 15.1. The molecule has 0 saturated heterocycles. The number of nitrogens with zero attached hydrogens (tertiary/aromatic N) is 7. The highest BCUT2D eigenvalue weighted by molar-refractivity contribution is 5.74. The van der Waals surface area contributed by atoms with Crippen molar-refractivity contribution in [3.05, 3.63) is 78.8 Å². The fourth-order valence-electron chi connectivity index (χ4n) is 3.61. The van der Waals surface area contributed by atoms with E-state index in [4.69, 9.17) is 10.7 Å². The van der Waals surface area contributed by atoms with Gasteiger partial charge < -0.3 is 10.6 Å². The van der Waals surface area contributed by atoms with Crippen LogP contribution in [0.3, 0.4) is 0 Å². The van der Waals surface area contributed by atoms with E-state index in [-0.39, 0.29) is 0 Å². The summed E-state index contributed by atoms with van der Waals surface area (Å²) in [6.07, 6.45) is 11.1. The molecular formula is C23H21FN8. The number of hydrogen-bond donors (Lipinski definition) is 1. The molecular weight excluding hydrogens is 407 g/mol. The molecule has 0 radical (unpaired) electrons. The van der Waals surface area contributed by atoms with Crippen LogP contribution in [-0.4, -0.2) is 49.5 Å². The van der Waals surface area contributed by atoms with E-state index in [9.17, 15) is 4.39 Å². The van der Waals surface area contributed by atoms with E-state index in [1.54, 1.807) is 24.7 Å². The molecule has 0 aliphatic carbocycles. The van der Waals surface area contributed by atoms with Gasteiger partial charge in [-0.1, -0.05) is 0 Å². The molecule has 0 fully saturated rings. The van der Waals surface area contributed by atoms with Gasteiger partial charge in [0.2, 0.25) is 5.95 Å². The van der Waals surface area contributed by atoms with Crippen molar-refractivity contribution in [2.75, 3.05) is 14.1 Å². The Morgan fingerprint density at radius 1 is 1.03 bits per heavy atom. The number of fused-ring (bicyclic) bond motifs is 1. The van der Waals surface area contributed by atoms with Crippen molar-refractivity contribution in [2.45, 2.75) is 12.0 Å². The van der Waals surface area contributed by atoms with E-state index in [2.05, 4.69) is 19.9 Å². The standard InChI is InChI=1S/C23H21FN8/c1-31(2)20-7-9-23(25,14-29-20)22-26-10-8-17(30-22)18-12-28-21-6-4-16(13-32(18)21)15-3-5-19(24)27-11-15/h3-8,10-14H,9,25H2,1-2H3. The highest BCUT2D eigenvalue weighted by Crippen LogP contribution is 2.27. The molecule has 5 heterocycles. The molecule has 160 valence electrons. The molecule has 0 aromatic carbocycles. The molecule has 0 saturated carbocycles. The third-order valence-corrected chi connectivity index (χ3v) is 5.41. The molecule has 0 amide bonds. The third-order valence-electron chi connectivity index (χ3n) is 5.41. The van der Waals surface area contributed by atoms with Gasteiger partial charge in [-0.05, 0) is 42.8 Å². The topological polar surface area (TPSA) is 97.6 Å². The summed E-state index contributed by atoms with van der Waals surface area (Å²) in [6, 6.07) is 8.68. The zero-order valence-electron chi connectivity index (χ0n) is 17.6. The summed E-state index contributed by atoms with van der Waals surface area (Å²) in [5, 5.41) is 0. The van der Waals surface area contributed by atoms with Gasteiger partial charge in [-0.15, -0.1) is 0 Å². The summed E-state index contributed by atoms with van der Waals surface area (Å²) in [6.45, 7) is 0. The first kappa shape index (κ1) is 20.0. The summed E-state index contributed by atoms with van der Waals surface area (Å²) >= 11 is 0. The summed E-state index contributed by atoms with van der Waals surface area (Å²) in [5.41, 5.74) is 9.64. The molecule has 4 aromatic rings. The summed E-state index contributed by atoms with van der Waals surface area (Å²) in [4.78, 5) is 23.8. The number of halogens is 1. The molecule has 1 aliphatic rings. The van der Waals surface area contributed by atoms with Crippen LogP contribution in [0.15, 0.2) is 72.0 Å². The minimum atomic E-state index is -0.888. The zero-order valence-corrected chi connectivity index (χ0v) is 17.6. The van der Waals surface area contributed by atoms with Crippen molar-refractivity contribution in [3.8, 4) is 22.5 Å². The van der Waals surface area contributed by atoms with Gasteiger partial charge in [0.15, 0.2) is 5.82 Å². The molecule has 1 aliphatic heterocycles. The smallest absolute Gasteiger partial charge is 0.212 e. The molecule has 0 spiro atoms. The van der Waals surface area contributed by atoms with E-state index < -0.39 is 11.5 Å². The Morgan fingerprint density at radius 2 is 1.88 bits per heavy atom. The van der Waals surface area contributed by atoms with Crippen molar-refractivity contribution in [3.63, 3.8) is 0 Å². The Morgan fingerprint density at radius 3 is 2.59 bits per heavy atom. The predicted molar refractivity (Wildman–Crippen MR) is 120 cm³/mol. The predicted octanol–water partition coefficient (Wildman–Crippen LogP) is 3.02. The number of rotatable bonds is 4. The first-order chi connectivity index (χ1) is 15.4. The van der Waals surface area contributed by atoms with E-state index in [0.29, 0.717) is 17.9 Å². The average molecular weight is 428 g/mol. The van der Waals surface area contributed by atoms with Crippen molar-refractivity contribution in [2.24, 2.45) is 10.7 Å². The number of pyridine rings is 2. The first-order valence-electron chi connectivity index (χ1n) is 10.1. The quantitative estimate of drug-likeness (QED) is 0.502. The van der Waals surface area contributed by atoms with Gasteiger partial charge in [-0.25, -0.2) is 24.9 Å². The molecule has 32 heavy (non-hydrogen) atoms. The van der Waals surface area contributed by atoms with E-state index in [1.807, 2.05) is 53.9 Å². The summed E-state index contributed by atoms with van der Waals surface area (Å²) in [5.74, 6) is 0.828. The van der Waals surface area contributed by atoms with Crippen LogP contribution in [0.25, 0.3) is 28.2 Å². The number of nitrogens with two attached hydrogens (primary N) is 1. The van der Waals surface area contributed by atoms with Gasteiger partial charge in [0.1, 0.15) is 17.0 Å². The second kappa shape index (κ2) is 7.61. The molecule has 0 bridgehead atoms. The molecule has 2 N–H and O–H groups in total. The van der Waals surface area contributed by atoms with E-state index >= 15 is 0 Å². The maximum Gasteiger partial charge on any atom is 0.212 e. The maximum absolute atomic E-state index is 13.2. The number of imidazole rings is 1. The van der Waals surface area contributed by atoms with E-state index in [0.717, 1.165) is 28.3 Å². The largest absolute Gasteiger partial charge is 0.363 e. The van der Waals surface area contributed by atoms with Gasteiger partial charge in [-0.3, -0.25) is 4.40 Å². The minimum Gasteiger partial charge on any atom is -0.363 e.